The summed E-state index contributed by atoms with van der Waals surface area (Å²) in [7, 11) is 0. The fourth-order valence-corrected chi connectivity index (χ4v) is 3.51. The normalized spacial score (nSPS) is 13.2. The van der Waals surface area contributed by atoms with Crippen molar-refractivity contribution in [3.8, 4) is 0 Å². The van der Waals surface area contributed by atoms with Gasteiger partial charge in [0.05, 0.1) is 6.21 Å². The summed E-state index contributed by atoms with van der Waals surface area (Å²) in [5, 5.41) is 5.96. The number of carbonyl (C=O) groups is 1. The lowest BCUT2D eigenvalue weighted by Crippen LogP contribution is -2.18. The number of anilines is 1. The van der Waals surface area contributed by atoms with E-state index in [0.29, 0.717) is 5.56 Å². The first kappa shape index (κ1) is 15.6. The molecule has 5 heteroatoms. The number of carbonyl (C=O) groups excluding carboxylic acids is 1. The number of thiophene rings is 1. The molecule has 4 rings (SSSR count). The van der Waals surface area contributed by atoms with Crippen molar-refractivity contribution in [2.75, 3.05) is 4.90 Å². The molecule has 0 saturated heterocycles. The smallest absolute Gasteiger partial charge is 0.271 e. The lowest BCUT2D eigenvalue weighted by Gasteiger charge is -2.17. The topological polar surface area (TPSA) is 44.7 Å². The maximum Gasteiger partial charge on any atom is 0.271 e. The Bertz CT molecular complexity index is 876. The van der Waals surface area contributed by atoms with Crippen LogP contribution < -0.4 is 10.3 Å². The van der Waals surface area contributed by atoms with Crippen LogP contribution in [0.5, 0.6) is 0 Å². The Labute approximate surface area is 150 Å². The first-order chi connectivity index (χ1) is 12.3. The molecule has 1 aliphatic rings. The number of fused-ring (bicyclic) bond motifs is 1. The SMILES string of the molecule is O=C(N/N=C/c1cccs1)c1ccc(N2Cc3ccccc3C2)cc1. The van der Waals surface area contributed by atoms with Gasteiger partial charge in [0.25, 0.3) is 5.91 Å². The summed E-state index contributed by atoms with van der Waals surface area (Å²) in [6.45, 7) is 1.82. The first-order valence-electron chi connectivity index (χ1n) is 8.08. The molecule has 0 aliphatic carbocycles. The van der Waals surface area contributed by atoms with Gasteiger partial charge >= 0.3 is 0 Å². The monoisotopic (exact) mass is 347 g/mol. The summed E-state index contributed by atoms with van der Waals surface area (Å²) >= 11 is 1.58. The average molecular weight is 347 g/mol. The molecule has 0 saturated carbocycles. The number of amides is 1. The number of hydrogen-bond donors (Lipinski definition) is 1. The molecule has 1 aliphatic heterocycles. The molecule has 0 radical (unpaired) electrons. The van der Waals surface area contributed by atoms with Crippen LogP contribution in [-0.4, -0.2) is 12.1 Å². The van der Waals surface area contributed by atoms with Crippen molar-refractivity contribution < 1.29 is 4.79 Å². The van der Waals surface area contributed by atoms with Crippen molar-refractivity contribution in [2.45, 2.75) is 13.1 Å². The zero-order valence-electron chi connectivity index (χ0n) is 13.6. The van der Waals surface area contributed by atoms with Gasteiger partial charge in [-0.1, -0.05) is 30.3 Å². The summed E-state index contributed by atoms with van der Waals surface area (Å²) in [6.07, 6.45) is 1.65. The Morgan fingerprint density at radius 2 is 1.72 bits per heavy atom. The van der Waals surface area contributed by atoms with Gasteiger partial charge in [0, 0.05) is 29.2 Å². The van der Waals surface area contributed by atoms with Crippen molar-refractivity contribution in [3.63, 3.8) is 0 Å². The molecule has 25 heavy (non-hydrogen) atoms. The van der Waals surface area contributed by atoms with E-state index in [1.165, 1.54) is 11.1 Å². The molecule has 1 aromatic heterocycles. The molecule has 2 heterocycles. The highest BCUT2D eigenvalue weighted by Crippen LogP contribution is 2.28. The van der Waals surface area contributed by atoms with E-state index in [9.17, 15) is 4.79 Å². The fourth-order valence-electron chi connectivity index (χ4n) is 2.92. The molecule has 1 amide bonds. The van der Waals surface area contributed by atoms with Gasteiger partial charge in [-0.25, -0.2) is 5.43 Å². The Hall–Kier alpha value is -2.92. The third kappa shape index (κ3) is 3.46. The highest BCUT2D eigenvalue weighted by Gasteiger charge is 2.18. The second-order valence-corrected chi connectivity index (χ2v) is 6.87. The highest BCUT2D eigenvalue weighted by atomic mass is 32.1. The van der Waals surface area contributed by atoms with E-state index in [-0.39, 0.29) is 5.91 Å². The number of hydrogen-bond acceptors (Lipinski definition) is 4. The number of nitrogens with one attached hydrogen (secondary N) is 1. The Balaban J connectivity index is 1.40. The zero-order valence-corrected chi connectivity index (χ0v) is 14.4. The van der Waals surface area contributed by atoms with Crippen LogP contribution in [0, 0.1) is 0 Å². The summed E-state index contributed by atoms with van der Waals surface area (Å²) in [4.78, 5) is 15.5. The quantitative estimate of drug-likeness (QED) is 0.572. The van der Waals surface area contributed by atoms with Gasteiger partial charge in [0.2, 0.25) is 0 Å². The summed E-state index contributed by atoms with van der Waals surface area (Å²) in [5.41, 5.74) is 7.02. The van der Waals surface area contributed by atoms with Crippen LogP contribution in [0.1, 0.15) is 26.4 Å². The van der Waals surface area contributed by atoms with Gasteiger partial charge in [0.1, 0.15) is 0 Å². The van der Waals surface area contributed by atoms with Crippen molar-refractivity contribution in [1.29, 1.82) is 0 Å². The van der Waals surface area contributed by atoms with Gasteiger partial charge < -0.3 is 4.90 Å². The molecule has 3 aromatic rings. The van der Waals surface area contributed by atoms with Crippen molar-refractivity contribution >= 4 is 29.1 Å². The minimum absolute atomic E-state index is 0.205. The first-order valence-corrected chi connectivity index (χ1v) is 8.96. The molecule has 2 aromatic carbocycles. The zero-order chi connectivity index (χ0) is 17.1. The van der Waals surface area contributed by atoms with Crippen molar-refractivity contribution in [3.05, 3.63) is 87.6 Å². The summed E-state index contributed by atoms with van der Waals surface area (Å²) < 4.78 is 0. The number of nitrogens with zero attached hydrogens (tertiary/aromatic N) is 2. The second-order valence-electron chi connectivity index (χ2n) is 5.89. The summed E-state index contributed by atoms with van der Waals surface area (Å²) in [5.74, 6) is -0.205. The number of benzene rings is 2. The van der Waals surface area contributed by atoms with Crippen LogP contribution in [0.25, 0.3) is 0 Å². The molecule has 0 bridgehead atoms. The van der Waals surface area contributed by atoms with E-state index in [4.69, 9.17) is 0 Å². The molecule has 0 unspecified atom stereocenters. The maximum atomic E-state index is 12.1. The standard InChI is InChI=1S/C20H17N3OS/c24-20(22-21-12-19-6-3-11-25-19)15-7-9-18(10-8-15)23-13-16-4-1-2-5-17(16)14-23/h1-12H,13-14H2,(H,22,24)/b21-12+. The van der Waals surface area contributed by atoms with Crippen LogP contribution in [0.3, 0.4) is 0 Å². The van der Waals surface area contributed by atoms with Crippen molar-refractivity contribution in [1.82, 2.24) is 5.43 Å². The summed E-state index contributed by atoms with van der Waals surface area (Å²) in [6, 6.07) is 20.0. The molecule has 0 atom stereocenters. The van der Waals surface area contributed by atoms with Gasteiger partial charge in [-0.05, 0) is 46.8 Å². The van der Waals surface area contributed by atoms with Gasteiger partial charge in [-0.3, -0.25) is 4.79 Å². The van der Waals surface area contributed by atoms with Crippen molar-refractivity contribution in [2.24, 2.45) is 5.10 Å². The Morgan fingerprint density at radius 1 is 1.00 bits per heavy atom. The molecule has 1 N–H and O–H groups in total. The lowest BCUT2D eigenvalue weighted by atomic mass is 10.1. The minimum atomic E-state index is -0.205. The van der Waals surface area contributed by atoms with E-state index in [1.807, 2.05) is 41.8 Å². The molecule has 4 nitrogen and oxygen atoms in total. The predicted octanol–water partition coefficient (Wildman–Crippen LogP) is 4.03. The minimum Gasteiger partial charge on any atom is -0.363 e. The molecular formula is C20H17N3OS. The number of hydrazone groups is 1. The van der Waals surface area contributed by atoms with Gasteiger partial charge in [0.15, 0.2) is 0 Å². The average Bonchev–Trinajstić information content (AvgIpc) is 3.31. The van der Waals surface area contributed by atoms with E-state index in [0.717, 1.165) is 23.7 Å². The van der Waals surface area contributed by atoms with Crippen LogP contribution in [0.15, 0.2) is 71.1 Å². The third-order valence-corrected chi connectivity index (χ3v) is 5.04. The predicted molar refractivity (Wildman–Crippen MR) is 102 cm³/mol. The van der Waals surface area contributed by atoms with E-state index < -0.39 is 0 Å². The van der Waals surface area contributed by atoms with Crippen LogP contribution in [0.4, 0.5) is 5.69 Å². The van der Waals surface area contributed by atoms with Gasteiger partial charge in [-0.15, -0.1) is 11.3 Å². The van der Waals surface area contributed by atoms with Crippen LogP contribution >= 0.6 is 11.3 Å². The lowest BCUT2D eigenvalue weighted by molar-refractivity contribution is 0.0955. The number of rotatable bonds is 4. The Morgan fingerprint density at radius 3 is 2.36 bits per heavy atom. The van der Waals surface area contributed by atoms with Gasteiger partial charge in [-0.2, -0.15) is 5.10 Å². The largest absolute Gasteiger partial charge is 0.363 e. The van der Waals surface area contributed by atoms with Crippen LogP contribution in [0.2, 0.25) is 0 Å². The third-order valence-electron chi connectivity index (χ3n) is 4.24. The van der Waals surface area contributed by atoms with E-state index >= 15 is 0 Å². The second kappa shape index (κ2) is 6.91. The maximum absolute atomic E-state index is 12.1. The van der Waals surface area contributed by atoms with E-state index in [2.05, 4.69) is 39.7 Å². The fraction of sp³-hybridized carbons (Fsp3) is 0.100. The molecule has 0 fully saturated rings. The Kier molecular flexibility index (Phi) is 4.31. The van der Waals surface area contributed by atoms with Crippen LogP contribution in [-0.2, 0) is 13.1 Å². The molecular weight excluding hydrogens is 330 g/mol. The molecule has 124 valence electrons. The highest BCUT2D eigenvalue weighted by molar-refractivity contribution is 7.11. The molecule has 0 spiro atoms. The van der Waals surface area contributed by atoms with E-state index in [1.54, 1.807) is 17.6 Å².